The lowest BCUT2D eigenvalue weighted by atomic mass is 10.1. The summed E-state index contributed by atoms with van der Waals surface area (Å²) in [6.45, 7) is 1.79. The zero-order valence-electron chi connectivity index (χ0n) is 10.9. The highest BCUT2D eigenvalue weighted by Gasteiger charge is 2.15. The largest absolute Gasteiger partial charge is 0.378 e. The monoisotopic (exact) mass is 372 g/mol. The number of nitro groups is 1. The van der Waals surface area contributed by atoms with Gasteiger partial charge in [0.2, 0.25) is 0 Å². The first-order valence-corrected chi connectivity index (χ1v) is 7.21. The van der Waals surface area contributed by atoms with Crippen molar-refractivity contribution in [3.63, 3.8) is 0 Å². The van der Waals surface area contributed by atoms with Crippen molar-refractivity contribution in [1.82, 2.24) is 0 Å². The molecule has 2 aromatic rings. The van der Waals surface area contributed by atoms with Crippen molar-refractivity contribution in [3.8, 4) is 0 Å². The molecule has 4 nitrogen and oxygen atoms in total. The van der Waals surface area contributed by atoms with Gasteiger partial charge >= 0.3 is 0 Å². The molecular weight excluding hydrogens is 363 g/mol. The molecule has 21 heavy (non-hydrogen) atoms. The van der Waals surface area contributed by atoms with Crippen LogP contribution in [0.5, 0.6) is 0 Å². The normalized spacial score (nSPS) is 12.0. The molecule has 2 aromatic carbocycles. The lowest BCUT2D eigenvalue weighted by Gasteiger charge is -2.17. The highest BCUT2D eigenvalue weighted by molar-refractivity contribution is 9.10. The fourth-order valence-corrected chi connectivity index (χ4v) is 2.55. The molecule has 2 rings (SSSR count). The maximum atomic E-state index is 13.8. The van der Waals surface area contributed by atoms with E-state index in [1.54, 1.807) is 19.1 Å². The van der Waals surface area contributed by atoms with Crippen molar-refractivity contribution >= 4 is 38.9 Å². The molecule has 0 aromatic heterocycles. The Labute approximate surface area is 134 Å². The molecule has 0 aliphatic heterocycles. The zero-order chi connectivity index (χ0) is 15.6. The third-order valence-electron chi connectivity index (χ3n) is 2.95. The minimum atomic E-state index is -0.552. The molecule has 0 saturated heterocycles. The van der Waals surface area contributed by atoms with E-state index in [1.165, 1.54) is 24.3 Å². The Balaban J connectivity index is 2.23. The third-order valence-corrected chi connectivity index (χ3v) is 3.75. The lowest BCUT2D eigenvalue weighted by molar-refractivity contribution is -0.384. The molecule has 0 spiro atoms. The highest BCUT2D eigenvalue weighted by Crippen LogP contribution is 2.30. The molecule has 0 amide bonds. The van der Waals surface area contributed by atoms with Crippen LogP contribution in [0.1, 0.15) is 18.5 Å². The van der Waals surface area contributed by atoms with Crippen LogP contribution in [0.3, 0.4) is 0 Å². The summed E-state index contributed by atoms with van der Waals surface area (Å²) >= 11 is 9.14. The topological polar surface area (TPSA) is 55.2 Å². The Hall–Kier alpha value is -1.66. The summed E-state index contributed by atoms with van der Waals surface area (Å²) in [7, 11) is 0. The predicted molar refractivity (Wildman–Crippen MR) is 84.2 cm³/mol. The van der Waals surface area contributed by atoms with Gasteiger partial charge in [-0.05, 0) is 37.3 Å². The number of benzene rings is 2. The van der Waals surface area contributed by atoms with Gasteiger partial charge in [-0.2, -0.15) is 0 Å². The Morgan fingerprint density at radius 3 is 2.67 bits per heavy atom. The maximum Gasteiger partial charge on any atom is 0.288 e. The Bertz CT molecular complexity index is 697. The number of nitrogens with one attached hydrogen (secondary N) is 1. The number of halogens is 3. The molecule has 7 heteroatoms. The van der Waals surface area contributed by atoms with E-state index < -0.39 is 4.92 Å². The van der Waals surface area contributed by atoms with Gasteiger partial charge in [-0.25, -0.2) is 4.39 Å². The molecule has 110 valence electrons. The summed E-state index contributed by atoms with van der Waals surface area (Å²) in [5, 5.41) is 13.8. The van der Waals surface area contributed by atoms with E-state index in [4.69, 9.17) is 11.6 Å². The number of hydrogen-bond donors (Lipinski definition) is 1. The summed E-state index contributed by atoms with van der Waals surface area (Å²) < 4.78 is 14.6. The Kier molecular flexibility index (Phi) is 4.80. The molecule has 0 aliphatic carbocycles. The SMILES string of the molecule is CC(Nc1ccc([N+](=O)[O-])c(Cl)c1)c1cc(Br)ccc1F. The van der Waals surface area contributed by atoms with Gasteiger partial charge in [0.05, 0.1) is 11.0 Å². The van der Waals surface area contributed by atoms with E-state index in [1.807, 2.05) is 0 Å². The molecule has 1 atom stereocenters. The van der Waals surface area contributed by atoms with Gasteiger partial charge in [-0.1, -0.05) is 27.5 Å². The minimum Gasteiger partial charge on any atom is -0.378 e. The first-order chi connectivity index (χ1) is 9.88. The summed E-state index contributed by atoms with van der Waals surface area (Å²) in [5.41, 5.74) is 0.903. The van der Waals surface area contributed by atoms with Gasteiger partial charge in [-0.15, -0.1) is 0 Å². The van der Waals surface area contributed by atoms with Crippen LogP contribution in [0.25, 0.3) is 0 Å². The summed E-state index contributed by atoms with van der Waals surface area (Å²) in [6.07, 6.45) is 0. The van der Waals surface area contributed by atoms with Crippen LogP contribution < -0.4 is 5.32 Å². The highest BCUT2D eigenvalue weighted by atomic mass is 79.9. The number of nitro benzene ring substituents is 1. The molecule has 0 fully saturated rings. The van der Waals surface area contributed by atoms with Crippen molar-refractivity contribution in [1.29, 1.82) is 0 Å². The van der Waals surface area contributed by atoms with E-state index in [9.17, 15) is 14.5 Å². The first kappa shape index (κ1) is 15.7. The minimum absolute atomic E-state index is 0.0342. The summed E-state index contributed by atoms with van der Waals surface area (Å²) in [5.74, 6) is -0.328. The van der Waals surface area contributed by atoms with Crippen molar-refractivity contribution < 1.29 is 9.31 Å². The van der Waals surface area contributed by atoms with Gasteiger partial charge in [0.1, 0.15) is 10.8 Å². The van der Waals surface area contributed by atoms with Crippen molar-refractivity contribution in [3.05, 3.63) is 67.4 Å². The Morgan fingerprint density at radius 1 is 1.33 bits per heavy atom. The van der Waals surface area contributed by atoms with Crippen LogP contribution in [0.4, 0.5) is 15.8 Å². The molecule has 1 N–H and O–H groups in total. The average molecular weight is 374 g/mol. The number of nitrogens with zero attached hydrogens (tertiary/aromatic N) is 1. The number of rotatable bonds is 4. The second kappa shape index (κ2) is 6.41. The van der Waals surface area contributed by atoms with Gasteiger partial charge in [0.15, 0.2) is 0 Å². The molecule has 0 bridgehead atoms. The second-order valence-corrected chi connectivity index (χ2v) is 5.78. The second-order valence-electron chi connectivity index (χ2n) is 4.46. The number of hydrogen-bond acceptors (Lipinski definition) is 3. The molecular formula is C14H11BrClFN2O2. The van der Waals surface area contributed by atoms with Crippen molar-refractivity contribution in [2.75, 3.05) is 5.32 Å². The molecule has 0 radical (unpaired) electrons. The van der Waals surface area contributed by atoms with Gasteiger partial charge in [0.25, 0.3) is 5.69 Å². The summed E-state index contributed by atoms with van der Waals surface area (Å²) in [6, 6.07) is 8.66. The summed E-state index contributed by atoms with van der Waals surface area (Å²) in [4.78, 5) is 10.2. The van der Waals surface area contributed by atoms with E-state index in [0.717, 1.165) is 4.47 Å². The fourth-order valence-electron chi connectivity index (χ4n) is 1.92. The molecule has 0 saturated carbocycles. The van der Waals surface area contributed by atoms with Gasteiger partial charge in [-0.3, -0.25) is 10.1 Å². The first-order valence-electron chi connectivity index (χ1n) is 6.04. The standard InChI is InChI=1S/C14H11BrClFN2O2/c1-8(11-6-9(15)2-4-13(11)17)18-10-3-5-14(19(20)21)12(16)7-10/h2-8,18H,1H3. The quantitative estimate of drug-likeness (QED) is 0.582. The van der Waals surface area contributed by atoms with Crippen LogP contribution in [0.2, 0.25) is 5.02 Å². The van der Waals surface area contributed by atoms with E-state index in [0.29, 0.717) is 11.3 Å². The fraction of sp³-hybridized carbons (Fsp3) is 0.143. The van der Waals surface area contributed by atoms with Crippen LogP contribution in [-0.4, -0.2) is 4.92 Å². The zero-order valence-corrected chi connectivity index (χ0v) is 13.3. The lowest BCUT2D eigenvalue weighted by Crippen LogP contribution is -2.08. The molecule has 0 heterocycles. The van der Waals surface area contributed by atoms with Crippen LogP contribution in [0, 0.1) is 15.9 Å². The average Bonchev–Trinajstić information content (AvgIpc) is 2.41. The molecule has 1 unspecified atom stereocenters. The Morgan fingerprint density at radius 2 is 2.05 bits per heavy atom. The van der Waals surface area contributed by atoms with E-state index >= 15 is 0 Å². The number of anilines is 1. The molecule has 0 aliphatic rings. The van der Waals surface area contributed by atoms with Crippen LogP contribution >= 0.6 is 27.5 Å². The van der Waals surface area contributed by atoms with Crippen molar-refractivity contribution in [2.45, 2.75) is 13.0 Å². The van der Waals surface area contributed by atoms with Crippen molar-refractivity contribution in [2.24, 2.45) is 0 Å². The van der Waals surface area contributed by atoms with Gasteiger partial charge < -0.3 is 5.32 Å². The van der Waals surface area contributed by atoms with Crippen LogP contribution in [-0.2, 0) is 0 Å². The predicted octanol–water partition coefficient (Wildman–Crippen LogP) is 5.32. The van der Waals surface area contributed by atoms with Gasteiger partial charge in [0, 0.05) is 21.8 Å². The van der Waals surface area contributed by atoms with Crippen LogP contribution in [0.15, 0.2) is 40.9 Å². The smallest absolute Gasteiger partial charge is 0.288 e. The van der Waals surface area contributed by atoms with E-state index in [-0.39, 0.29) is 22.6 Å². The maximum absolute atomic E-state index is 13.8. The third kappa shape index (κ3) is 3.71. The van der Waals surface area contributed by atoms with E-state index in [2.05, 4.69) is 21.2 Å².